The molecule has 130 valence electrons. The predicted molar refractivity (Wildman–Crippen MR) is 97.3 cm³/mol. The first-order chi connectivity index (χ1) is 11.5. The summed E-state index contributed by atoms with van der Waals surface area (Å²) in [5.74, 6) is 0.893. The molecule has 0 aromatic heterocycles. The van der Waals surface area contributed by atoms with Crippen LogP contribution in [0.4, 0.5) is 5.69 Å². The second kappa shape index (κ2) is 8.37. The zero-order valence-electron chi connectivity index (χ0n) is 13.5. The van der Waals surface area contributed by atoms with Crippen LogP contribution >= 0.6 is 11.6 Å². The standard InChI is InChI=1S/C17H21ClN2O3S/c1-2-3-9-20-15-10-13(12-18)11-16(24(19,21)22)17(15)23-14-7-5-4-6-8-14/h4-8,10-11,20H,2-3,9,12H2,1H3,(H2,19,21,22). The number of anilines is 1. The van der Waals surface area contributed by atoms with Crippen molar-refractivity contribution in [2.75, 3.05) is 11.9 Å². The summed E-state index contributed by atoms with van der Waals surface area (Å²) in [5.41, 5.74) is 1.22. The second-order valence-electron chi connectivity index (χ2n) is 5.34. The Bertz CT molecular complexity index is 780. The van der Waals surface area contributed by atoms with Gasteiger partial charge in [0.1, 0.15) is 10.6 Å². The van der Waals surface area contributed by atoms with Gasteiger partial charge in [-0.2, -0.15) is 0 Å². The van der Waals surface area contributed by atoms with Crippen molar-refractivity contribution in [1.82, 2.24) is 0 Å². The van der Waals surface area contributed by atoms with Gasteiger partial charge in [-0.05, 0) is 36.2 Å². The largest absolute Gasteiger partial charge is 0.454 e. The first-order valence-corrected chi connectivity index (χ1v) is 9.76. The summed E-state index contributed by atoms with van der Waals surface area (Å²) in [6, 6.07) is 12.2. The zero-order valence-corrected chi connectivity index (χ0v) is 15.0. The topological polar surface area (TPSA) is 81.4 Å². The van der Waals surface area contributed by atoms with Crippen LogP contribution in [0.15, 0.2) is 47.4 Å². The van der Waals surface area contributed by atoms with Crippen LogP contribution in [-0.4, -0.2) is 15.0 Å². The summed E-state index contributed by atoms with van der Waals surface area (Å²) in [6.07, 6.45) is 1.96. The van der Waals surface area contributed by atoms with E-state index in [1.165, 1.54) is 6.07 Å². The number of alkyl halides is 1. The molecule has 2 rings (SSSR count). The van der Waals surface area contributed by atoms with Gasteiger partial charge >= 0.3 is 0 Å². The summed E-state index contributed by atoms with van der Waals surface area (Å²) >= 11 is 5.89. The van der Waals surface area contributed by atoms with Crippen molar-refractivity contribution in [2.45, 2.75) is 30.5 Å². The molecule has 0 aliphatic rings. The number of ether oxygens (including phenoxy) is 1. The molecule has 0 heterocycles. The van der Waals surface area contributed by atoms with E-state index in [9.17, 15) is 8.42 Å². The highest BCUT2D eigenvalue weighted by Gasteiger charge is 2.21. The minimum absolute atomic E-state index is 0.0801. The number of nitrogens with one attached hydrogen (secondary N) is 1. The number of para-hydroxylation sites is 1. The van der Waals surface area contributed by atoms with E-state index in [4.69, 9.17) is 21.5 Å². The third-order valence-corrected chi connectivity index (χ3v) is 4.61. The van der Waals surface area contributed by atoms with Gasteiger partial charge in [-0.25, -0.2) is 13.6 Å². The van der Waals surface area contributed by atoms with Gasteiger partial charge in [0, 0.05) is 12.4 Å². The predicted octanol–water partition coefficient (Wildman–Crippen LogP) is 4.08. The SMILES string of the molecule is CCCCNc1cc(CCl)cc(S(N)(=O)=O)c1Oc1ccccc1. The number of halogens is 1. The van der Waals surface area contributed by atoms with Gasteiger partial charge < -0.3 is 10.1 Å². The number of sulfonamides is 1. The van der Waals surface area contributed by atoms with Crippen LogP contribution in [0.25, 0.3) is 0 Å². The van der Waals surface area contributed by atoms with E-state index < -0.39 is 10.0 Å². The lowest BCUT2D eigenvalue weighted by molar-refractivity contribution is 0.469. The summed E-state index contributed by atoms with van der Waals surface area (Å²) in [4.78, 5) is -0.0801. The Kier molecular flexibility index (Phi) is 6.48. The van der Waals surface area contributed by atoms with Gasteiger partial charge in [0.05, 0.1) is 5.69 Å². The molecule has 0 amide bonds. The Morgan fingerprint density at radius 1 is 1.21 bits per heavy atom. The summed E-state index contributed by atoms with van der Waals surface area (Å²) in [6.45, 7) is 2.77. The van der Waals surface area contributed by atoms with Gasteiger partial charge in [-0.3, -0.25) is 0 Å². The van der Waals surface area contributed by atoms with Crippen LogP contribution in [0.2, 0.25) is 0 Å². The molecule has 0 aliphatic carbocycles. The van der Waals surface area contributed by atoms with Crippen molar-refractivity contribution in [3.63, 3.8) is 0 Å². The Morgan fingerprint density at radius 3 is 2.50 bits per heavy atom. The second-order valence-corrected chi connectivity index (χ2v) is 7.14. The molecule has 0 saturated heterocycles. The lowest BCUT2D eigenvalue weighted by Crippen LogP contribution is -2.15. The number of unbranched alkanes of at least 4 members (excludes halogenated alkanes) is 1. The molecule has 0 radical (unpaired) electrons. The van der Waals surface area contributed by atoms with Gasteiger partial charge in [0.25, 0.3) is 0 Å². The molecule has 0 saturated carbocycles. The molecular formula is C17H21ClN2O3S. The third kappa shape index (κ3) is 4.87. The van der Waals surface area contributed by atoms with E-state index in [2.05, 4.69) is 12.2 Å². The van der Waals surface area contributed by atoms with Gasteiger partial charge in [0.15, 0.2) is 5.75 Å². The fraction of sp³-hybridized carbons (Fsp3) is 0.294. The first-order valence-electron chi connectivity index (χ1n) is 7.68. The first kappa shape index (κ1) is 18.6. The molecule has 3 N–H and O–H groups in total. The number of primary sulfonamides is 1. The zero-order chi connectivity index (χ0) is 17.6. The molecule has 0 aliphatic heterocycles. The normalized spacial score (nSPS) is 11.3. The third-order valence-electron chi connectivity index (χ3n) is 3.38. The maximum atomic E-state index is 12.0. The van der Waals surface area contributed by atoms with Crippen LogP contribution in [-0.2, 0) is 15.9 Å². The number of benzene rings is 2. The molecule has 0 fully saturated rings. The van der Waals surface area contributed by atoms with Crippen molar-refractivity contribution >= 4 is 27.3 Å². The number of hydrogen-bond donors (Lipinski definition) is 2. The van der Waals surface area contributed by atoms with E-state index in [0.29, 0.717) is 23.5 Å². The maximum absolute atomic E-state index is 12.0. The monoisotopic (exact) mass is 368 g/mol. The molecule has 24 heavy (non-hydrogen) atoms. The van der Waals surface area contributed by atoms with Crippen molar-refractivity contribution in [3.05, 3.63) is 48.0 Å². The minimum Gasteiger partial charge on any atom is -0.454 e. The van der Waals surface area contributed by atoms with Crippen LogP contribution < -0.4 is 15.2 Å². The fourth-order valence-corrected chi connectivity index (χ4v) is 3.07. The quantitative estimate of drug-likeness (QED) is 0.543. The Hall–Kier alpha value is -1.76. The molecule has 0 unspecified atom stereocenters. The van der Waals surface area contributed by atoms with Crippen LogP contribution in [0.3, 0.4) is 0 Å². The van der Waals surface area contributed by atoms with Crippen LogP contribution in [0.1, 0.15) is 25.3 Å². The maximum Gasteiger partial charge on any atom is 0.241 e. The van der Waals surface area contributed by atoms with E-state index in [-0.39, 0.29) is 16.5 Å². The van der Waals surface area contributed by atoms with Gasteiger partial charge in [-0.1, -0.05) is 31.5 Å². The molecule has 7 heteroatoms. The van der Waals surface area contributed by atoms with E-state index >= 15 is 0 Å². The van der Waals surface area contributed by atoms with E-state index in [0.717, 1.165) is 12.8 Å². The average Bonchev–Trinajstić information content (AvgIpc) is 2.56. The average molecular weight is 369 g/mol. The van der Waals surface area contributed by atoms with Gasteiger partial charge in [0.2, 0.25) is 10.0 Å². The van der Waals surface area contributed by atoms with Crippen LogP contribution in [0, 0.1) is 0 Å². The number of hydrogen-bond acceptors (Lipinski definition) is 4. The van der Waals surface area contributed by atoms with Crippen molar-refractivity contribution in [2.24, 2.45) is 5.14 Å². The number of rotatable bonds is 8. The highest BCUT2D eigenvalue weighted by Crippen LogP contribution is 2.37. The fourth-order valence-electron chi connectivity index (χ4n) is 2.19. The molecule has 0 bridgehead atoms. The smallest absolute Gasteiger partial charge is 0.241 e. The van der Waals surface area contributed by atoms with Gasteiger partial charge in [-0.15, -0.1) is 11.6 Å². The molecule has 0 atom stereocenters. The Balaban J connectivity index is 2.53. The summed E-state index contributed by atoms with van der Waals surface area (Å²) in [7, 11) is -3.96. The van der Waals surface area contributed by atoms with Crippen LogP contribution in [0.5, 0.6) is 11.5 Å². The Morgan fingerprint density at radius 2 is 1.92 bits per heavy atom. The van der Waals surface area contributed by atoms with Crippen molar-refractivity contribution < 1.29 is 13.2 Å². The number of nitrogens with two attached hydrogens (primary N) is 1. The van der Waals surface area contributed by atoms with E-state index in [1.54, 1.807) is 18.2 Å². The molecule has 0 spiro atoms. The molecular weight excluding hydrogens is 348 g/mol. The lowest BCUT2D eigenvalue weighted by Gasteiger charge is -2.17. The molecule has 2 aromatic rings. The van der Waals surface area contributed by atoms with E-state index in [1.807, 2.05) is 18.2 Å². The summed E-state index contributed by atoms with van der Waals surface area (Å²) < 4.78 is 29.9. The van der Waals surface area contributed by atoms with Crippen molar-refractivity contribution in [1.29, 1.82) is 0 Å². The Labute approximate surface area is 147 Å². The van der Waals surface area contributed by atoms with Crippen molar-refractivity contribution in [3.8, 4) is 11.5 Å². The highest BCUT2D eigenvalue weighted by molar-refractivity contribution is 7.89. The minimum atomic E-state index is -3.96. The highest BCUT2D eigenvalue weighted by atomic mass is 35.5. The summed E-state index contributed by atoms with van der Waals surface area (Å²) in [5, 5.41) is 8.60. The lowest BCUT2D eigenvalue weighted by atomic mass is 10.2. The molecule has 5 nitrogen and oxygen atoms in total. The molecule has 2 aromatic carbocycles.